The van der Waals surface area contributed by atoms with Crippen LogP contribution < -0.4 is 10.1 Å². The van der Waals surface area contributed by atoms with Gasteiger partial charge in [0.1, 0.15) is 0 Å². The second kappa shape index (κ2) is 5.83. The van der Waals surface area contributed by atoms with Gasteiger partial charge in [0, 0.05) is 30.9 Å². The number of carbonyl (C=O) groups excluding carboxylic acids is 1. The van der Waals surface area contributed by atoms with Gasteiger partial charge in [0.05, 0.1) is 12.8 Å². The Bertz CT molecular complexity index is 470. The molecule has 0 aromatic carbocycles. The highest BCUT2D eigenvalue weighted by atomic mass is 16.5. The zero-order valence-electron chi connectivity index (χ0n) is 12.6. The molecule has 1 amide bonds. The monoisotopic (exact) mass is 281 g/mol. The van der Waals surface area contributed by atoms with Crippen LogP contribution in [0.4, 0.5) is 4.79 Å². The number of nitrogens with zero attached hydrogens (tertiary/aromatic N) is 2. The molecule has 1 saturated heterocycles. The summed E-state index contributed by atoms with van der Waals surface area (Å²) < 4.78 is 11.9. The predicted molar refractivity (Wildman–Crippen MR) is 75.2 cm³/mol. The van der Waals surface area contributed by atoms with Crippen molar-refractivity contribution in [2.45, 2.75) is 45.1 Å². The van der Waals surface area contributed by atoms with Crippen LogP contribution in [0.5, 0.6) is 6.01 Å². The molecule has 1 aromatic heterocycles. The van der Waals surface area contributed by atoms with Gasteiger partial charge in [0.2, 0.25) is 0 Å². The standard InChI is InChI=1S/C14H23N3O3/c1-14(2,3)11-9-17(13(16-11)19-4)12(18)15-10-5-7-20-8-6-10/h9-10H,5-8H2,1-4H3,(H,15,18). The van der Waals surface area contributed by atoms with Crippen LogP contribution in [0, 0.1) is 0 Å². The van der Waals surface area contributed by atoms with Crippen molar-refractivity contribution in [1.29, 1.82) is 0 Å². The van der Waals surface area contributed by atoms with E-state index in [1.165, 1.54) is 11.7 Å². The Labute approximate surface area is 119 Å². The van der Waals surface area contributed by atoms with Gasteiger partial charge in [-0.1, -0.05) is 20.8 Å². The molecule has 20 heavy (non-hydrogen) atoms. The summed E-state index contributed by atoms with van der Waals surface area (Å²) in [6, 6.07) is 0.276. The molecule has 1 aromatic rings. The molecule has 6 heteroatoms. The molecular weight excluding hydrogens is 258 g/mol. The zero-order chi connectivity index (χ0) is 14.8. The van der Waals surface area contributed by atoms with Crippen molar-refractivity contribution in [3.63, 3.8) is 0 Å². The topological polar surface area (TPSA) is 65.4 Å². The third-order valence-corrected chi connectivity index (χ3v) is 3.39. The number of methoxy groups -OCH3 is 1. The lowest BCUT2D eigenvalue weighted by molar-refractivity contribution is 0.0800. The maximum absolute atomic E-state index is 12.3. The van der Waals surface area contributed by atoms with Crippen LogP contribution in [0.1, 0.15) is 39.3 Å². The quantitative estimate of drug-likeness (QED) is 0.899. The van der Waals surface area contributed by atoms with Gasteiger partial charge in [0.15, 0.2) is 0 Å². The number of aromatic nitrogens is 2. The summed E-state index contributed by atoms with van der Waals surface area (Å²) in [4.78, 5) is 16.7. The molecule has 0 spiro atoms. The van der Waals surface area contributed by atoms with Crippen molar-refractivity contribution in [2.24, 2.45) is 0 Å². The molecule has 0 radical (unpaired) electrons. The number of ether oxygens (including phenoxy) is 2. The van der Waals surface area contributed by atoms with Crippen LogP contribution in [-0.4, -0.2) is 41.9 Å². The molecule has 1 fully saturated rings. The largest absolute Gasteiger partial charge is 0.468 e. The van der Waals surface area contributed by atoms with Crippen LogP contribution in [0.25, 0.3) is 0 Å². The van der Waals surface area contributed by atoms with Gasteiger partial charge in [-0.3, -0.25) is 0 Å². The van der Waals surface area contributed by atoms with E-state index in [4.69, 9.17) is 9.47 Å². The molecule has 6 nitrogen and oxygen atoms in total. The molecule has 2 heterocycles. The van der Waals surface area contributed by atoms with E-state index < -0.39 is 0 Å². The molecule has 1 aliphatic rings. The molecule has 0 bridgehead atoms. The van der Waals surface area contributed by atoms with Gasteiger partial charge in [-0.15, -0.1) is 0 Å². The van der Waals surface area contributed by atoms with Crippen molar-refractivity contribution in [1.82, 2.24) is 14.9 Å². The summed E-state index contributed by atoms with van der Waals surface area (Å²) in [5.41, 5.74) is 0.703. The minimum Gasteiger partial charge on any atom is -0.468 e. The van der Waals surface area contributed by atoms with E-state index in [1.807, 2.05) is 0 Å². The Hall–Kier alpha value is -1.56. The molecule has 2 rings (SSSR count). The highest BCUT2D eigenvalue weighted by Crippen LogP contribution is 2.24. The highest BCUT2D eigenvalue weighted by molar-refractivity contribution is 5.78. The summed E-state index contributed by atoms with van der Waals surface area (Å²) in [5.74, 6) is 0. The van der Waals surface area contributed by atoms with Crippen molar-refractivity contribution < 1.29 is 14.3 Å². The van der Waals surface area contributed by atoms with Gasteiger partial charge in [-0.25, -0.2) is 9.36 Å². The maximum atomic E-state index is 12.3. The fraction of sp³-hybridized carbons (Fsp3) is 0.714. The summed E-state index contributed by atoms with van der Waals surface area (Å²) in [7, 11) is 1.52. The average molecular weight is 281 g/mol. The van der Waals surface area contributed by atoms with E-state index in [2.05, 4.69) is 31.1 Å². The van der Waals surface area contributed by atoms with Gasteiger partial charge in [-0.05, 0) is 12.8 Å². The van der Waals surface area contributed by atoms with E-state index in [0.717, 1.165) is 18.5 Å². The van der Waals surface area contributed by atoms with Crippen LogP contribution >= 0.6 is 0 Å². The number of hydrogen-bond donors (Lipinski definition) is 1. The number of amides is 1. The van der Waals surface area contributed by atoms with Gasteiger partial charge in [0.25, 0.3) is 0 Å². The Balaban J connectivity index is 2.14. The predicted octanol–water partition coefficient (Wildman–Crippen LogP) is 1.93. The summed E-state index contributed by atoms with van der Waals surface area (Å²) in [6.45, 7) is 7.54. The third-order valence-electron chi connectivity index (χ3n) is 3.39. The lowest BCUT2D eigenvalue weighted by Crippen LogP contribution is -2.41. The minimum atomic E-state index is -0.197. The van der Waals surface area contributed by atoms with Crippen LogP contribution in [-0.2, 0) is 10.2 Å². The first-order valence-corrected chi connectivity index (χ1v) is 6.94. The summed E-state index contributed by atoms with van der Waals surface area (Å²) in [5, 5.41) is 3.00. The Morgan fingerprint density at radius 2 is 2.10 bits per heavy atom. The smallest absolute Gasteiger partial charge is 0.329 e. The molecule has 1 aliphatic heterocycles. The Morgan fingerprint density at radius 1 is 1.45 bits per heavy atom. The maximum Gasteiger partial charge on any atom is 0.329 e. The van der Waals surface area contributed by atoms with E-state index in [9.17, 15) is 4.79 Å². The first kappa shape index (κ1) is 14.8. The van der Waals surface area contributed by atoms with Crippen molar-refractivity contribution in [3.05, 3.63) is 11.9 Å². The number of rotatable bonds is 2. The van der Waals surface area contributed by atoms with E-state index in [0.29, 0.717) is 19.2 Å². The molecular formula is C14H23N3O3. The van der Waals surface area contributed by atoms with E-state index in [1.54, 1.807) is 6.20 Å². The third kappa shape index (κ3) is 3.30. The van der Waals surface area contributed by atoms with Crippen LogP contribution in [0.3, 0.4) is 0 Å². The lowest BCUT2D eigenvalue weighted by atomic mass is 9.93. The number of nitrogens with one attached hydrogen (secondary N) is 1. The van der Waals surface area contributed by atoms with Gasteiger partial charge >= 0.3 is 12.0 Å². The normalized spacial score (nSPS) is 17.0. The highest BCUT2D eigenvalue weighted by Gasteiger charge is 2.24. The van der Waals surface area contributed by atoms with Crippen molar-refractivity contribution >= 4 is 6.03 Å². The number of carbonyl (C=O) groups is 1. The lowest BCUT2D eigenvalue weighted by Gasteiger charge is -2.23. The molecule has 1 N–H and O–H groups in total. The molecule has 0 atom stereocenters. The minimum absolute atomic E-state index is 0.127. The summed E-state index contributed by atoms with van der Waals surface area (Å²) in [6.07, 6.45) is 3.43. The van der Waals surface area contributed by atoms with E-state index >= 15 is 0 Å². The number of hydrogen-bond acceptors (Lipinski definition) is 4. The molecule has 0 saturated carbocycles. The van der Waals surface area contributed by atoms with Crippen LogP contribution in [0.2, 0.25) is 0 Å². The number of imidazole rings is 1. The molecule has 112 valence electrons. The van der Waals surface area contributed by atoms with Gasteiger partial charge in [-0.2, -0.15) is 4.98 Å². The fourth-order valence-corrected chi connectivity index (χ4v) is 2.10. The van der Waals surface area contributed by atoms with E-state index in [-0.39, 0.29) is 17.5 Å². The van der Waals surface area contributed by atoms with Gasteiger partial charge < -0.3 is 14.8 Å². The Kier molecular flexibility index (Phi) is 4.32. The first-order valence-electron chi connectivity index (χ1n) is 6.94. The molecule has 0 aliphatic carbocycles. The average Bonchev–Trinajstić information content (AvgIpc) is 2.84. The van der Waals surface area contributed by atoms with Crippen molar-refractivity contribution in [3.8, 4) is 6.01 Å². The van der Waals surface area contributed by atoms with Crippen molar-refractivity contribution in [2.75, 3.05) is 20.3 Å². The second-order valence-electron chi connectivity index (χ2n) is 6.07. The fourth-order valence-electron chi connectivity index (χ4n) is 2.10. The zero-order valence-corrected chi connectivity index (χ0v) is 12.6. The summed E-state index contributed by atoms with van der Waals surface area (Å²) >= 11 is 0. The first-order chi connectivity index (χ1) is 9.41. The molecule has 0 unspecified atom stereocenters. The second-order valence-corrected chi connectivity index (χ2v) is 6.07. The Morgan fingerprint density at radius 3 is 2.65 bits per heavy atom. The SMILES string of the molecule is COc1nc(C(C)(C)C)cn1C(=O)NC1CCOCC1. The van der Waals surface area contributed by atoms with Crippen LogP contribution in [0.15, 0.2) is 6.20 Å².